The number of piperazine rings is 1. The van der Waals surface area contributed by atoms with Gasteiger partial charge in [-0.1, -0.05) is 25.9 Å². The number of aromatic nitrogens is 2. The van der Waals surface area contributed by atoms with E-state index in [0.29, 0.717) is 36.8 Å². The highest BCUT2D eigenvalue weighted by molar-refractivity contribution is 5.73. The number of likely N-dealkylation sites (N-methyl/N-ethyl adjacent to an activating group) is 1. The fourth-order valence-electron chi connectivity index (χ4n) is 3.13. The van der Waals surface area contributed by atoms with Crippen molar-refractivity contribution in [2.45, 2.75) is 46.2 Å². The molecule has 1 N–H and O–H groups in total. The van der Waals surface area contributed by atoms with E-state index in [1.54, 1.807) is 11.9 Å². The van der Waals surface area contributed by atoms with Crippen molar-refractivity contribution >= 4 is 6.03 Å². The molecule has 2 heterocycles. The average molecular weight is 367 g/mol. The topological polar surface area (TPSA) is 77.7 Å². The van der Waals surface area contributed by atoms with E-state index in [9.17, 15) is 4.79 Å². The molecule has 148 valence electrons. The summed E-state index contributed by atoms with van der Waals surface area (Å²) in [5, 5.41) is 7.01. The van der Waals surface area contributed by atoms with E-state index in [4.69, 9.17) is 4.52 Å². The maximum absolute atomic E-state index is 12.4. The Morgan fingerprint density at radius 3 is 2.62 bits per heavy atom. The van der Waals surface area contributed by atoms with Crippen LogP contribution < -0.4 is 5.32 Å². The van der Waals surface area contributed by atoms with E-state index in [2.05, 4.69) is 53.1 Å². The van der Waals surface area contributed by atoms with Crippen LogP contribution in [0.4, 0.5) is 4.79 Å². The molecule has 8 heteroatoms. The fourth-order valence-corrected chi connectivity index (χ4v) is 3.13. The zero-order chi connectivity index (χ0) is 19.1. The van der Waals surface area contributed by atoms with E-state index in [0.717, 1.165) is 39.0 Å². The Morgan fingerprint density at radius 1 is 1.31 bits per heavy atom. The molecule has 0 aromatic carbocycles. The van der Waals surface area contributed by atoms with Gasteiger partial charge in [-0.05, 0) is 19.4 Å². The molecule has 1 unspecified atom stereocenters. The smallest absolute Gasteiger partial charge is 0.317 e. The van der Waals surface area contributed by atoms with Crippen molar-refractivity contribution in [2.24, 2.45) is 5.92 Å². The van der Waals surface area contributed by atoms with Crippen LogP contribution in [0.3, 0.4) is 0 Å². The van der Waals surface area contributed by atoms with Crippen molar-refractivity contribution in [3.05, 3.63) is 11.7 Å². The molecular weight excluding hydrogens is 332 g/mol. The summed E-state index contributed by atoms with van der Waals surface area (Å²) in [5.41, 5.74) is 0. The third kappa shape index (κ3) is 6.25. The first kappa shape index (κ1) is 20.6. The maximum Gasteiger partial charge on any atom is 0.317 e. The van der Waals surface area contributed by atoms with E-state index in [1.807, 2.05) is 0 Å². The SMILES string of the molecule is CCC(CNC(=O)N(C)Cc1noc(CC(C)C)n1)N1CCN(C)CC1. The van der Waals surface area contributed by atoms with Gasteiger partial charge in [-0.3, -0.25) is 4.90 Å². The van der Waals surface area contributed by atoms with Gasteiger partial charge in [0, 0.05) is 52.2 Å². The average Bonchev–Trinajstić information content (AvgIpc) is 3.02. The van der Waals surface area contributed by atoms with Gasteiger partial charge in [0.1, 0.15) is 0 Å². The van der Waals surface area contributed by atoms with Crippen LogP contribution in [0.25, 0.3) is 0 Å². The quantitative estimate of drug-likeness (QED) is 0.750. The number of urea groups is 1. The molecule has 0 radical (unpaired) electrons. The number of rotatable bonds is 8. The molecule has 1 aliphatic heterocycles. The normalized spacial score (nSPS) is 17.5. The standard InChI is InChI=1S/C18H34N6O2/c1-6-15(24-9-7-22(4)8-10-24)12-19-18(25)23(5)13-16-20-17(26-21-16)11-14(2)3/h14-15H,6-13H2,1-5H3,(H,19,25). The Morgan fingerprint density at radius 2 is 2.00 bits per heavy atom. The summed E-state index contributed by atoms with van der Waals surface area (Å²) in [6, 6.07) is 0.275. The predicted molar refractivity (Wildman–Crippen MR) is 101 cm³/mol. The van der Waals surface area contributed by atoms with Gasteiger partial charge in [-0.2, -0.15) is 4.98 Å². The number of hydrogen-bond donors (Lipinski definition) is 1. The largest absolute Gasteiger partial charge is 0.339 e. The third-order valence-corrected chi connectivity index (χ3v) is 4.83. The number of carbonyl (C=O) groups is 1. The predicted octanol–water partition coefficient (Wildman–Crippen LogP) is 1.44. The molecule has 1 aromatic heterocycles. The summed E-state index contributed by atoms with van der Waals surface area (Å²) in [6.07, 6.45) is 1.78. The lowest BCUT2D eigenvalue weighted by Crippen LogP contribution is -2.53. The van der Waals surface area contributed by atoms with Crippen LogP contribution in [-0.2, 0) is 13.0 Å². The minimum atomic E-state index is -0.104. The van der Waals surface area contributed by atoms with Gasteiger partial charge in [-0.15, -0.1) is 0 Å². The Hall–Kier alpha value is -1.67. The first-order valence-electron chi connectivity index (χ1n) is 9.62. The van der Waals surface area contributed by atoms with Crippen LogP contribution >= 0.6 is 0 Å². The zero-order valence-corrected chi connectivity index (χ0v) is 16.9. The van der Waals surface area contributed by atoms with Crippen LogP contribution in [0.2, 0.25) is 0 Å². The molecule has 2 amide bonds. The van der Waals surface area contributed by atoms with Gasteiger partial charge in [0.2, 0.25) is 5.89 Å². The van der Waals surface area contributed by atoms with Crippen molar-refractivity contribution in [3.8, 4) is 0 Å². The lowest BCUT2D eigenvalue weighted by molar-refractivity contribution is 0.107. The van der Waals surface area contributed by atoms with E-state index < -0.39 is 0 Å². The highest BCUT2D eigenvalue weighted by atomic mass is 16.5. The Bertz CT molecular complexity index is 554. The molecule has 8 nitrogen and oxygen atoms in total. The van der Waals surface area contributed by atoms with Crippen LogP contribution in [0.5, 0.6) is 0 Å². The molecule has 1 aliphatic rings. The molecule has 2 rings (SSSR count). The van der Waals surface area contributed by atoms with Crippen LogP contribution in [0.15, 0.2) is 4.52 Å². The maximum atomic E-state index is 12.4. The minimum absolute atomic E-state index is 0.104. The third-order valence-electron chi connectivity index (χ3n) is 4.83. The first-order valence-corrected chi connectivity index (χ1v) is 9.62. The van der Waals surface area contributed by atoms with Crippen molar-refractivity contribution < 1.29 is 9.32 Å². The monoisotopic (exact) mass is 366 g/mol. The second kappa shape index (κ2) is 9.87. The molecule has 1 fully saturated rings. The van der Waals surface area contributed by atoms with Gasteiger partial charge in [0.15, 0.2) is 5.82 Å². The lowest BCUT2D eigenvalue weighted by Gasteiger charge is -2.37. The number of nitrogens with zero attached hydrogens (tertiary/aromatic N) is 5. The van der Waals surface area contributed by atoms with E-state index in [-0.39, 0.29) is 6.03 Å². The number of amides is 2. The molecule has 0 spiro atoms. The Kier molecular flexibility index (Phi) is 7.84. The summed E-state index contributed by atoms with van der Waals surface area (Å²) < 4.78 is 5.23. The Balaban J connectivity index is 1.77. The van der Waals surface area contributed by atoms with Crippen LogP contribution in [-0.4, -0.2) is 83.7 Å². The summed E-state index contributed by atoms with van der Waals surface area (Å²) in [7, 11) is 3.91. The van der Waals surface area contributed by atoms with Gasteiger partial charge in [0.25, 0.3) is 0 Å². The second-order valence-electron chi connectivity index (χ2n) is 7.65. The van der Waals surface area contributed by atoms with Crippen molar-refractivity contribution in [2.75, 3.05) is 46.8 Å². The molecule has 0 aliphatic carbocycles. The van der Waals surface area contributed by atoms with Crippen molar-refractivity contribution in [1.82, 2.24) is 30.2 Å². The summed E-state index contributed by atoms with van der Waals surface area (Å²) in [4.78, 5) is 23.2. The Labute approximate surface area is 156 Å². The lowest BCUT2D eigenvalue weighted by atomic mass is 10.1. The highest BCUT2D eigenvalue weighted by Gasteiger charge is 2.22. The number of carbonyl (C=O) groups excluding carboxylic acids is 1. The zero-order valence-electron chi connectivity index (χ0n) is 16.9. The van der Waals surface area contributed by atoms with Crippen LogP contribution in [0.1, 0.15) is 38.9 Å². The molecule has 1 saturated heterocycles. The van der Waals surface area contributed by atoms with E-state index >= 15 is 0 Å². The first-order chi connectivity index (χ1) is 12.4. The molecule has 0 bridgehead atoms. The fraction of sp³-hybridized carbons (Fsp3) is 0.833. The van der Waals surface area contributed by atoms with Crippen molar-refractivity contribution in [1.29, 1.82) is 0 Å². The van der Waals surface area contributed by atoms with Gasteiger partial charge < -0.3 is 19.6 Å². The summed E-state index contributed by atoms with van der Waals surface area (Å²) >= 11 is 0. The highest BCUT2D eigenvalue weighted by Crippen LogP contribution is 2.09. The number of nitrogens with one attached hydrogen (secondary N) is 1. The molecule has 1 aromatic rings. The van der Waals surface area contributed by atoms with Crippen molar-refractivity contribution in [3.63, 3.8) is 0 Å². The second-order valence-corrected chi connectivity index (χ2v) is 7.65. The molecular formula is C18H34N6O2. The summed E-state index contributed by atoms with van der Waals surface area (Å²) in [6.45, 7) is 11.7. The minimum Gasteiger partial charge on any atom is -0.339 e. The van der Waals surface area contributed by atoms with Crippen LogP contribution in [0, 0.1) is 5.92 Å². The molecule has 1 atom stereocenters. The number of hydrogen-bond acceptors (Lipinski definition) is 6. The van der Waals surface area contributed by atoms with Gasteiger partial charge in [-0.25, -0.2) is 4.79 Å². The summed E-state index contributed by atoms with van der Waals surface area (Å²) in [5.74, 6) is 1.64. The van der Waals surface area contributed by atoms with E-state index in [1.165, 1.54) is 0 Å². The molecule has 26 heavy (non-hydrogen) atoms. The molecule has 0 saturated carbocycles. The van der Waals surface area contributed by atoms with Gasteiger partial charge >= 0.3 is 6.03 Å². The van der Waals surface area contributed by atoms with Gasteiger partial charge in [0.05, 0.1) is 6.54 Å².